The second-order valence-electron chi connectivity index (χ2n) is 12.4. The highest BCUT2D eigenvalue weighted by Gasteiger charge is 2.48. The van der Waals surface area contributed by atoms with E-state index in [9.17, 15) is 9.59 Å². The number of ether oxygens (including phenoxy) is 4. The van der Waals surface area contributed by atoms with Gasteiger partial charge in [0.25, 0.3) is 0 Å². The SMILES string of the molecule is C=CC(=O)OCCOc1ccc(-c2ccccc2)c(C2(c3cc(OCCOC(=O)C=C)ccc3-c3ccccc3)c3ccccc3-c3ccccc32)c1. The number of carbonyl (C=O) groups excluding carboxylic acids is 2. The molecule has 0 saturated heterocycles. The van der Waals surface area contributed by atoms with E-state index in [1.54, 1.807) is 0 Å². The van der Waals surface area contributed by atoms with Crippen LogP contribution in [-0.4, -0.2) is 38.4 Å². The topological polar surface area (TPSA) is 71.1 Å². The van der Waals surface area contributed by atoms with Crippen LogP contribution in [0.2, 0.25) is 0 Å². The van der Waals surface area contributed by atoms with Crippen molar-refractivity contribution in [1.82, 2.24) is 0 Å². The van der Waals surface area contributed by atoms with Gasteiger partial charge in [-0.05, 0) is 79.9 Å². The van der Waals surface area contributed by atoms with Crippen LogP contribution in [0.3, 0.4) is 0 Å². The van der Waals surface area contributed by atoms with Gasteiger partial charge in [0.2, 0.25) is 0 Å². The van der Waals surface area contributed by atoms with Crippen molar-refractivity contribution in [3.05, 3.63) is 193 Å². The number of hydrogen-bond acceptors (Lipinski definition) is 6. The smallest absolute Gasteiger partial charge is 0.330 e. The fraction of sp³-hybridized carbons (Fsp3) is 0.106. The summed E-state index contributed by atoms with van der Waals surface area (Å²) >= 11 is 0. The summed E-state index contributed by atoms with van der Waals surface area (Å²) in [6.45, 7) is 7.46. The number of carbonyl (C=O) groups is 2. The van der Waals surface area contributed by atoms with Crippen molar-refractivity contribution in [2.24, 2.45) is 0 Å². The molecule has 262 valence electrons. The Morgan fingerprint density at radius 1 is 0.453 bits per heavy atom. The highest BCUT2D eigenvalue weighted by Crippen LogP contribution is 2.60. The first-order valence-corrected chi connectivity index (χ1v) is 17.5. The zero-order valence-electron chi connectivity index (χ0n) is 29.2. The third-order valence-electron chi connectivity index (χ3n) is 9.44. The second kappa shape index (κ2) is 15.7. The fourth-order valence-corrected chi connectivity index (χ4v) is 7.27. The Labute approximate surface area is 309 Å². The van der Waals surface area contributed by atoms with E-state index in [0.29, 0.717) is 11.5 Å². The van der Waals surface area contributed by atoms with Crippen LogP contribution >= 0.6 is 0 Å². The third kappa shape index (κ3) is 6.87. The number of fused-ring (bicyclic) bond motifs is 3. The first kappa shape index (κ1) is 34.8. The summed E-state index contributed by atoms with van der Waals surface area (Å²) in [5, 5.41) is 0. The molecular formula is C47H38O6. The van der Waals surface area contributed by atoms with Gasteiger partial charge in [-0.25, -0.2) is 9.59 Å². The predicted octanol–water partition coefficient (Wildman–Crippen LogP) is 9.60. The molecule has 0 amide bonds. The van der Waals surface area contributed by atoms with Crippen LogP contribution in [0.15, 0.2) is 171 Å². The molecule has 53 heavy (non-hydrogen) atoms. The highest BCUT2D eigenvalue weighted by atomic mass is 16.6. The molecule has 0 unspecified atom stereocenters. The maximum absolute atomic E-state index is 11.8. The molecule has 0 bridgehead atoms. The van der Waals surface area contributed by atoms with Crippen LogP contribution in [0, 0.1) is 0 Å². The maximum Gasteiger partial charge on any atom is 0.330 e. The van der Waals surface area contributed by atoms with E-state index in [2.05, 4.69) is 110 Å². The lowest BCUT2D eigenvalue weighted by Gasteiger charge is -2.37. The van der Waals surface area contributed by atoms with Crippen LogP contribution < -0.4 is 9.47 Å². The standard InChI is InChI=1S/C47H38O6/c1-3-45(48)52-29-27-50-35-23-25-37(33-15-7-5-8-16-33)43(31-35)47(41-21-13-11-19-39(41)40-20-12-14-22-42(40)47)44-32-36(51-28-30-53-46(49)4-2)24-26-38(44)34-17-9-6-10-18-34/h3-26,31-32H,1-2,27-30H2. The number of hydrogen-bond donors (Lipinski definition) is 0. The van der Waals surface area contributed by atoms with E-state index in [0.717, 1.165) is 67.8 Å². The molecular weight excluding hydrogens is 661 g/mol. The van der Waals surface area contributed by atoms with Crippen molar-refractivity contribution in [3.63, 3.8) is 0 Å². The molecule has 7 rings (SSSR count). The third-order valence-corrected chi connectivity index (χ3v) is 9.44. The van der Waals surface area contributed by atoms with E-state index in [4.69, 9.17) is 18.9 Å². The lowest BCUT2D eigenvalue weighted by Crippen LogP contribution is -2.30. The predicted molar refractivity (Wildman–Crippen MR) is 208 cm³/mol. The molecule has 6 heteroatoms. The molecule has 0 N–H and O–H groups in total. The second-order valence-corrected chi connectivity index (χ2v) is 12.4. The summed E-state index contributed by atoms with van der Waals surface area (Å²) in [7, 11) is 0. The van der Waals surface area contributed by atoms with Gasteiger partial charge in [0.1, 0.15) is 37.9 Å². The summed E-state index contributed by atoms with van der Waals surface area (Å²) in [6, 6.07) is 50.2. The van der Waals surface area contributed by atoms with Crippen molar-refractivity contribution in [1.29, 1.82) is 0 Å². The Hall–Kier alpha value is -6.66. The van der Waals surface area contributed by atoms with Gasteiger partial charge < -0.3 is 18.9 Å². The van der Waals surface area contributed by atoms with Gasteiger partial charge in [-0.2, -0.15) is 0 Å². The Morgan fingerprint density at radius 3 is 1.26 bits per heavy atom. The quantitative estimate of drug-likeness (QED) is 0.0640. The minimum Gasteiger partial charge on any atom is -0.490 e. The Bertz CT molecular complexity index is 2110. The molecule has 6 nitrogen and oxygen atoms in total. The van der Waals surface area contributed by atoms with Gasteiger partial charge in [-0.3, -0.25) is 0 Å². The van der Waals surface area contributed by atoms with Crippen molar-refractivity contribution < 1.29 is 28.5 Å². The summed E-state index contributed by atoms with van der Waals surface area (Å²) in [5.74, 6) is 0.268. The van der Waals surface area contributed by atoms with Crippen LogP contribution in [0.25, 0.3) is 33.4 Å². The number of esters is 2. The normalized spacial score (nSPS) is 12.2. The van der Waals surface area contributed by atoms with Gasteiger partial charge >= 0.3 is 11.9 Å². The van der Waals surface area contributed by atoms with Crippen LogP contribution in [0.4, 0.5) is 0 Å². The molecule has 0 saturated carbocycles. The average molecular weight is 699 g/mol. The monoisotopic (exact) mass is 698 g/mol. The van der Waals surface area contributed by atoms with Gasteiger partial charge in [0.05, 0.1) is 5.41 Å². The van der Waals surface area contributed by atoms with Crippen molar-refractivity contribution in [2.45, 2.75) is 5.41 Å². The summed E-state index contributed by atoms with van der Waals surface area (Å²) < 4.78 is 23.0. The van der Waals surface area contributed by atoms with Crippen LogP contribution in [0.5, 0.6) is 11.5 Å². The van der Waals surface area contributed by atoms with Crippen molar-refractivity contribution >= 4 is 11.9 Å². The van der Waals surface area contributed by atoms with E-state index < -0.39 is 17.4 Å². The van der Waals surface area contributed by atoms with Crippen LogP contribution in [-0.2, 0) is 24.5 Å². The molecule has 1 aliphatic carbocycles. The first-order valence-electron chi connectivity index (χ1n) is 17.5. The molecule has 0 atom stereocenters. The lowest BCUT2D eigenvalue weighted by atomic mass is 9.64. The fourth-order valence-electron chi connectivity index (χ4n) is 7.27. The van der Waals surface area contributed by atoms with E-state index in [-0.39, 0.29) is 26.4 Å². The Balaban J connectivity index is 1.51. The Kier molecular flexibility index (Phi) is 10.3. The molecule has 0 aliphatic heterocycles. The zero-order valence-corrected chi connectivity index (χ0v) is 29.2. The van der Waals surface area contributed by atoms with Gasteiger partial charge in [-0.15, -0.1) is 0 Å². The average Bonchev–Trinajstić information content (AvgIpc) is 3.52. The molecule has 0 fully saturated rings. The first-order chi connectivity index (χ1) is 26.0. The number of benzene rings is 6. The summed E-state index contributed by atoms with van der Waals surface area (Å²) in [6.07, 6.45) is 2.28. The Morgan fingerprint density at radius 2 is 0.849 bits per heavy atom. The van der Waals surface area contributed by atoms with E-state index >= 15 is 0 Å². The zero-order chi connectivity index (χ0) is 36.6. The van der Waals surface area contributed by atoms with Gasteiger partial charge in [0.15, 0.2) is 0 Å². The molecule has 0 heterocycles. The molecule has 0 radical (unpaired) electrons. The summed E-state index contributed by atoms with van der Waals surface area (Å²) in [4.78, 5) is 23.5. The molecule has 6 aromatic rings. The summed E-state index contributed by atoms with van der Waals surface area (Å²) in [5.41, 5.74) is 9.81. The van der Waals surface area contributed by atoms with E-state index in [1.807, 2.05) is 48.5 Å². The largest absolute Gasteiger partial charge is 0.490 e. The number of rotatable bonds is 14. The molecule has 0 spiro atoms. The highest BCUT2D eigenvalue weighted by molar-refractivity contribution is 5.91. The minimum absolute atomic E-state index is 0.0804. The molecule has 0 aromatic heterocycles. The maximum atomic E-state index is 11.8. The van der Waals surface area contributed by atoms with Crippen molar-refractivity contribution in [2.75, 3.05) is 26.4 Å². The minimum atomic E-state index is -0.868. The lowest BCUT2D eigenvalue weighted by molar-refractivity contribution is -0.139. The van der Waals surface area contributed by atoms with Gasteiger partial charge in [0, 0.05) is 12.2 Å². The van der Waals surface area contributed by atoms with Gasteiger partial charge in [-0.1, -0.05) is 134 Å². The van der Waals surface area contributed by atoms with E-state index in [1.165, 1.54) is 0 Å². The van der Waals surface area contributed by atoms with Crippen molar-refractivity contribution in [3.8, 4) is 44.9 Å². The van der Waals surface area contributed by atoms with Crippen LogP contribution in [0.1, 0.15) is 22.3 Å². The molecule has 6 aromatic carbocycles. The molecule has 1 aliphatic rings.